The maximum atomic E-state index is 13.3. The molecule has 0 radical (unpaired) electrons. The van der Waals surface area contributed by atoms with Crippen LogP contribution >= 0.6 is 27.7 Å². The Hall–Kier alpha value is -2.55. The molecule has 2 amide bonds. The number of β-lactam (4-membered cyclic amide) rings is 1. The average molecular weight is 567 g/mol. The van der Waals surface area contributed by atoms with Gasteiger partial charge < -0.3 is 15.2 Å². The molecule has 3 aliphatic rings. The molecule has 0 bridgehead atoms. The molecule has 0 spiro atoms. The highest BCUT2D eigenvalue weighted by Crippen LogP contribution is 2.47. The van der Waals surface area contributed by atoms with Crippen molar-refractivity contribution >= 4 is 51.4 Å². The van der Waals surface area contributed by atoms with Crippen molar-refractivity contribution in [1.29, 1.82) is 0 Å². The summed E-state index contributed by atoms with van der Waals surface area (Å²) >= 11 is 4.14. The maximum Gasteiger partial charge on any atom is 0.436 e. The first-order valence-electron chi connectivity index (χ1n) is 10.1. The van der Waals surface area contributed by atoms with Crippen LogP contribution in [0.15, 0.2) is 15.7 Å². The van der Waals surface area contributed by atoms with E-state index in [2.05, 4.69) is 26.3 Å². The molecule has 3 heterocycles. The van der Waals surface area contributed by atoms with E-state index in [9.17, 15) is 37.5 Å². The quantitative estimate of drug-likeness (QED) is 0.377. The Balaban J connectivity index is 1.48. The van der Waals surface area contributed by atoms with Gasteiger partial charge in [-0.05, 0) is 28.8 Å². The van der Waals surface area contributed by atoms with Gasteiger partial charge in [-0.3, -0.25) is 24.0 Å². The predicted molar refractivity (Wildman–Crippen MR) is 113 cm³/mol. The van der Waals surface area contributed by atoms with Crippen LogP contribution in [0.3, 0.4) is 0 Å². The second kappa shape index (κ2) is 8.91. The minimum atomic E-state index is -4.70. The molecule has 0 aromatic carbocycles. The summed E-state index contributed by atoms with van der Waals surface area (Å²) in [4.78, 5) is 49.1. The molecule has 2 atom stereocenters. The molecule has 2 N–H and O–H groups in total. The summed E-state index contributed by atoms with van der Waals surface area (Å²) in [6.45, 7) is 0.364. The van der Waals surface area contributed by atoms with Gasteiger partial charge in [-0.25, -0.2) is 4.79 Å². The zero-order valence-electron chi connectivity index (χ0n) is 17.5. The number of ether oxygens (including phenoxy) is 1. The largest absolute Gasteiger partial charge is 0.477 e. The van der Waals surface area contributed by atoms with E-state index in [1.165, 1.54) is 18.7 Å². The Bertz CT molecular complexity index is 1120. The number of carboxylic acids is 1. The summed E-state index contributed by atoms with van der Waals surface area (Å²) in [7, 11) is 0. The van der Waals surface area contributed by atoms with Crippen LogP contribution in [0.25, 0.3) is 0 Å². The van der Waals surface area contributed by atoms with Crippen molar-refractivity contribution in [2.24, 2.45) is 0 Å². The Morgan fingerprint density at radius 3 is 2.56 bits per heavy atom. The second-order valence-electron chi connectivity index (χ2n) is 7.97. The van der Waals surface area contributed by atoms with Crippen LogP contribution in [-0.4, -0.2) is 67.3 Å². The van der Waals surface area contributed by atoms with E-state index < -0.39 is 53.6 Å². The zero-order chi connectivity index (χ0) is 24.9. The number of fused-ring (bicyclic) bond motifs is 1. The monoisotopic (exact) mass is 566 g/mol. The lowest BCUT2D eigenvalue weighted by molar-refractivity contribution is -0.151. The summed E-state index contributed by atoms with van der Waals surface area (Å²) in [5, 5.41) is 14.9. The van der Waals surface area contributed by atoms with Crippen LogP contribution in [0, 0.1) is 0 Å². The van der Waals surface area contributed by atoms with Crippen LogP contribution in [-0.2, 0) is 36.6 Å². The van der Waals surface area contributed by atoms with E-state index in [1.807, 2.05) is 0 Å². The predicted octanol–water partition coefficient (Wildman–Crippen LogP) is 1.84. The summed E-state index contributed by atoms with van der Waals surface area (Å²) in [5.74, 6) is -3.36. The van der Waals surface area contributed by atoms with Crippen molar-refractivity contribution in [1.82, 2.24) is 20.0 Å². The molecule has 2 fully saturated rings. The van der Waals surface area contributed by atoms with Gasteiger partial charge in [0.25, 0.3) is 5.91 Å². The number of carbonyl (C=O) groups is 4. The number of carbonyl (C=O) groups excluding carboxylic acids is 3. The summed E-state index contributed by atoms with van der Waals surface area (Å²) < 4.78 is 45.5. The number of aliphatic carboxylic acids is 1. The molecular weight excluding hydrogens is 549 g/mol. The van der Waals surface area contributed by atoms with Crippen molar-refractivity contribution in [2.75, 3.05) is 12.4 Å². The van der Waals surface area contributed by atoms with Gasteiger partial charge >= 0.3 is 18.1 Å². The van der Waals surface area contributed by atoms with E-state index in [0.717, 1.165) is 9.58 Å². The van der Waals surface area contributed by atoms with Crippen molar-refractivity contribution in [3.63, 3.8) is 0 Å². The third-order valence-corrected chi connectivity index (χ3v) is 7.59. The third kappa shape index (κ3) is 4.54. The molecule has 15 heteroatoms. The summed E-state index contributed by atoms with van der Waals surface area (Å²) in [6, 6.07) is -1.05. The molecule has 1 aromatic heterocycles. The lowest BCUT2D eigenvalue weighted by Crippen LogP contribution is -2.70. The van der Waals surface area contributed by atoms with Crippen molar-refractivity contribution in [2.45, 2.75) is 49.8 Å². The summed E-state index contributed by atoms with van der Waals surface area (Å²) in [5.41, 5.74) is -0.894. The first-order valence-corrected chi connectivity index (χ1v) is 11.9. The first-order chi connectivity index (χ1) is 15.9. The number of rotatable bonds is 7. The van der Waals surface area contributed by atoms with E-state index >= 15 is 0 Å². The topological polar surface area (TPSA) is 131 Å². The van der Waals surface area contributed by atoms with Gasteiger partial charge in [-0.1, -0.05) is 0 Å². The van der Waals surface area contributed by atoms with Gasteiger partial charge in [0.05, 0.1) is 10.2 Å². The van der Waals surface area contributed by atoms with Gasteiger partial charge in [-0.15, -0.1) is 11.8 Å². The smallest absolute Gasteiger partial charge is 0.436 e. The minimum Gasteiger partial charge on any atom is -0.477 e. The fraction of sp³-hybridized carbons (Fsp3) is 0.526. The second-order valence-corrected chi connectivity index (χ2v) is 9.87. The Kier molecular flexibility index (Phi) is 6.44. The SMILES string of the molecule is CC(=O)OCC1=C(C(=O)O)N2C(=O)[C@H](NC(=O)Cn3nc(C(F)(F)F)c(Br)c3C3CC3)[C@@H]2SC1. The molecule has 1 aromatic rings. The Morgan fingerprint density at radius 2 is 2.00 bits per heavy atom. The van der Waals surface area contributed by atoms with Crippen molar-refractivity contribution < 1.29 is 42.2 Å². The van der Waals surface area contributed by atoms with Crippen molar-refractivity contribution in [3.8, 4) is 0 Å². The number of carboxylic acid groups (broad SMARTS) is 1. The number of hydrogen-bond acceptors (Lipinski definition) is 7. The lowest BCUT2D eigenvalue weighted by atomic mass is 10.0. The maximum absolute atomic E-state index is 13.3. The Labute approximate surface area is 203 Å². The number of aromatic nitrogens is 2. The highest BCUT2D eigenvalue weighted by atomic mass is 79.9. The molecule has 2 aliphatic heterocycles. The number of thioether (sulfide) groups is 1. The van der Waals surface area contributed by atoms with E-state index in [4.69, 9.17) is 4.74 Å². The van der Waals surface area contributed by atoms with E-state index in [-0.39, 0.29) is 39.7 Å². The normalized spacial score (nSPS) is 22.3. The fourth-order valence-electron chi connectivity index (χ4n) is 3.84. The van der Waals surface area contributed by atoms with Gasteiger partial charge in [0.15, 0.2) is 5.69 Å². The van der Waals surface area contributed by atoms with Gasteiger partial charge in [0.2, 0.25) is 5.91 Å². The first kappa shape index (κ1) is 24.6. The number of esters is 1. The molecule has 34 heavy (non-hydrogen) atoms. The minimum absolute atomic E-state index is 0.139. The van der Waals surface area contributed by atoms with Gasteiger partial charge in [-0.2, -0.15) is 18.3 Å². The average Bonchev–Trinajstić information content (AvgIpc) is 3.51. The van der Waals surface area contributed by atoms with Crippen LogP contribution in [0.4, 0.5) is 13.2 Å². The molecule has 184 valence electrons. The molecule has 10 nitrogen and oxygen atoms in total. The standard InChI is InChI=1S/C19H18BrF3N4O6S/c1-7(28)33-5-9-6-34-17-12(16(30)27(17)14(9)18(31)32)24-10(29)4-26-13(8-2-3-8)11(20)15(25-26)19(21,22)23/h8,12,17H,2-6H2,1H3,(H,24,29)(H,31,32)/t12-,17-/m0/s1. The number of alkyl halides is 3. The number of nitrogens with one attached hydrogen (secondary N) is 1. The lowest BCUT2D eigenvalue weighted by Gasteiger charge is -2.49. The van der Waals surface area contributed by atoms with Gasteiger partial charge in [0, 0.05) is 24.2 Å². The zero-order valence-corrected chi connectivity index (χ0v) is 19.9. The number of nitrogens with zero attached hydrogens (tertiary/aromatic N) is 3. The molecule has 1 aliphatic carbocycles. The fourth-order valence-corrected chi connectivity index (χ4v) is 6.00. The van der Waals surface area contributed by atoms with Crippen LogP contribution in [0.1, 0.15) is 37.1 Å². The molecule has 1 saturated heterocycles. The van der Waals surface area contributed by atoms with Gasteiger partial charge in [0.1, 0.15) is 30.3 Å². The molecule has 4 rings (SSSR count). The molecule has 1 saturated carbocycles. The molecular formula is C19H18BrF3N4O6S. The number of halogens is 4. The molecule has 0 unspecified atom stereocenters. The Morgan fingerprint density at radius 1 is 1.32 bits per heavy atom. The van der Waals surface area contributed by atoms with Crippen LogP contribution in [0.5, 0.6) is 0 Å². The van der Waals surface area contributed by atoms with Crippen molar-refractivity contribution in [3.05, 3.63) is 27.1 Å². The van der Waals surface area contributed by atoms with E-state index in [0.29, 0.717) is 12.8 Å². The number of amides is 2. The summed E-state index contributed by atoms with van der Waals surface area (Å²) in [6.07, 6.45) is -3.34. The highest BCUT2D eigenvalue weighted by molar-refractivity contribution is 9.10. The van der Waals surface area contributed by atoms with Crippen LogP contribution in [0.2, 0.25) is 0 Å². The highest BCUT2D eigenvalue weighted by Gasteiger charge is 2.54. The number of hydrogen-bond donors (Lipinski definition) is 2. The van der Waals surface area contributed by atoms with E-state index in [1.54, 1.807) is 0 Å². The van der Waals surface area contributed by atoms with Crippen LogP contribution < -0.4 is 5.32 Å². The third-order valence-electron chi connectivity index (χ3n) is 5.47.